The summed E-state index contributed by atoms with van der Waals surface area (Å²) in [5.41, 5.74) is 2.40. The standard InChI is InChI=1S/C27H39N3O5S/c1-6-17-28-27(32)25(7-2)29(20-22-13-15-24(35-4)16-14-22)26(31)12-9-18-30(36(5,33)34)23-11-8-10-21(3)19-23/h8,10-11,13-16,19,25H,6-7,9,12,17-18,20H2,1-5H3,(H,28,32)/t25-/m0/s1. The van der Waals surface area contributed by atoms with Crippen molar-refractivity contribution in [1.29, 1.82) is 0 Å². The first kappa shape index (κ1) is 29.2. The second-order valence-electron chi connectivity index (χ2n) is 8.86. The first-order chi connectivity index (χ1) is 17.1. The van der Waals surface area contributed by atoms with E-state index in [0.717, 1.165) is 23.8 Å². The Morgan fingerprint density at radius 3 is 2.33 bits per heavy atom. The lowest BCUT2D eigenvalue weighted by Crippen LogP contribution is -2.49. The molecule has 1 atom stereocenters. The number of anilines is 1. The highest BCUT2D eigenvalue weighted by atomic mass is 32.2. The number of ether oxygens (including phenoxy) is 1. The van der Waals surface area contributed by atoms with Crippen molar-refractivity contribution < 1.29 is 22.7 Å². The molecule has 198 valence electrons. The number of rotatable bonds is 14. The summed E-state index contributed by atoms with van der Waals surface area (Å²) < 4.78 is 31.5. The predicted molar refractivity (Wildman–Crippen MR) is 144 cm³/mol. The third-order valence-electron chi connectivity index (χ3n) is 5.89. The van der Waals surface area contributed by atoms with Gasteiger partial charge in [0.15, 0.2) is 0 Å². The molecule has 0 fully saturated rings. The van der Waals surface area contributed by atoms with E-state index in [2.05, 4.69) is 5.32 Å². The van der Waals surface area contributed by atoms with E-state index in [9.17, 15) is 18.0 Å². The Morgan fingerprint density at radius 2 is 1.78 bits per heavy atom. The lowest BCUT2D eigenvalue weighted by atomic mass is 10.1. The van der Waals surface area contributed by atoms with E-state index in [1.807, 2.05) is 63.2 Å². The molecule has 2 amide bonds. The van der Waals surface area contributed by atoms with Crippen molar-refractivity contribution >= 4 is 27.5 Å². The van der Waals surface area contributed by atoms with Crippen LogP contribution in [0.3, 0.4) is 0 Å². The molecule has 0 aliphatic rings. The molecular weight excluding hydrogens is 478 g/mol. The maximum absolute atomic E-state index is 13.4. The van der Waals surface area contributed by atoms with Gasteiger partial charge in [-0.05, 0) is 61.6 Å². The summed E-state index contributed by atoms with van der Waals surface area (Å²) >= 11 is 0. The molecule has 0 unspecified atom stereocenters. The van der Waals surface area contributed by atoms with E-state index in [4.69, 9.17) is 4.74 Å². The van der Waals surface area contributed by atoms with Gasteiger partial charge in [0.2, 0.25) is 21.8 Å². The summed E-state index contributed by atoms with van der Waals surface area (Å²) in [5.74, 6) is 0.335. The van der Waals surface area contributed by atoms with Gasteiger partial charge < -0.3 is 15.0 Å². The minimum atomic E-state index is -3.52. The van der Waals surface area contributed by atoms with Gasteiger partial charge in [-0.15, -0.1) is 0 Å². The molecule has 0 heterocycles. The minimum absolute atomic E-state index is 0.117. The summed E-state index contributed by atoms with van der Waals surface area (Å²) in [6.45, 7) is 6.74. The van der Waals surface area contributed by atoms with Crippen LogP contribution in [0.2, 0.25) is 0 Å². The third kappa shape index (κ3) is 8.55. The van der Waals surface area contributed by atoms with Gasteiger partial charge >= 0.3 is 0 Å². The molecule has 0 bridgehead atoms. The van der Waals surface area contributed by atoms with Crippen molar-refractivity contribution in [2.75, 3.05) is 30.8 Å². The summed E-state index contributed by atoms with van der Waals surface area (Å²) in [7, 11) is -1.93. The molecule has 0 saturated heterocycles. The predicted octanol–water partition coefficient (Wildman–Crippen LogP) is 3.88. The van der Waals surface area contributed by atoms with Crippen molar-refractivity contribution in [2.24, 2.45) is 0 Å². The van der Waals surface area contributed by atoms with Gasteiger partial charge in [0.1, 0.15) is 11.8 Å². The molecule has 9 heteroatoms. The second kappa shape index (κ2) is 13.9. The normalized spacial score (nSPS) is 12.0. The highest BCUT2D eigenvalue weighted by Crippen LogP contribution is 2.21. The van der Waals surface area contributed by atoms with Crippen molar-refractivity contribution in [3.8, 4) is 5.75 Å². The first-order valence-corrected chi connectivity index (χ1v) is 14.2. The monoisotopic (exact) mass is 517 g/mol. The van der Waals surface area contributed by atoms with E-state index >= 15 is 0 Å². The minimum Gasteiger partial charge on any atom is -0.497 e. The number of hydrogen-bond donors (Lipinski definition) is 1. The van der Waals surface area contributed by atoms with Crippen molar-refractivity contribution in [3.63, 3.8) is 0 Å². The number of carbonyl (C=O) groups excluding carboxylic acids is 2. The molecule has 0 aromatic heterocycles. The quantitative estimate of drug-likeness (QED) is 0.410. The highest BCUT2D eigenvalue weighted by molar-refractivity contribution is 7.92. The SMILES string of the molecule is CCCNC(=O)[C@H](CC)N(Cc1ccc(OC)cc1)C(=O)CCCN(c1cccc(C)c1)S(C)(=O)=O. The topological polar surface area (TPSA) is 96.0 Å². The molecule has 36 heavy (non-hydrogen) atoms. The van der Waals surface area contributed by atoms with E-state index < -0.39 is 16.1 Å². The maximum Gasteiger partial charge on any atom is 0.242 e. The van der Waals surface area contributed by atoms with Gasteiger partial charge in [-0.2, -0.15) is 0 Å². The molecular formula is C27H39N3O5S. The molecule has 2 aromatic carbocycles. The van der Waals surface area contributed by atoms with Crippen LogP contribution < -0.4 is 14.4 Å². The molecule has 2 rings (SSSR count). The van der Waals surface area contributed by atoms with Gasteiger partial charge in [-0.25, -0.2) is 8.42 Å². The number of benzene rings is 2. The first-order valence-electron chi connectivity index (χ1n) is 12.3. The maximum atomic E-state index is 13.4. The zero-order chi connectivity index (χ0) is 26.7. The average Bonchev–Trinajstić information content (AvgIpc) is 2.84. The molecule has 8 nitrogen and oxygen atoms in total. The van der Waals surface area contributed by atoms with E-state index in [-0.39, 0.29) is 31.3 Å². The van der Waals surface area contributed by atoms with Crippen LogP contribution in [0.25, 0.3) is 0 Å². The van der Waals surface area contributed by atoms with Gasteiger partial charge in [0.25, 0.3) is 0 Å². The zero-order valence-corrected chi connectivity index (χ0v) is 22.8. The smallest absolute Gasteiger partial charge is 0.242 e. The average molecular weight is 518 g/mol. The van der Waals surface area contributed by atoms with E-state index in [0.29, 0.717) is 30.8 Å². The van der Waals surface area contributed by atoms with Gasteiger partial charge in [0.05, 0.1) is 19.1 Å². The molecule has 0 saturated carbocycles. The van der Waals surface area contributed by atoms with Crippen LogP contribution in [0.1, 0.15) is 50.7 Å². The number of amides is 2. The number of aryl methyl sites for hydroxylation is 1. The largest absolute Gasteiger partial charge is 0.497 e. The molecule has 2 aromatic rings. The Kier molecular flexibility index (Phi) is 11.2. The third-order valence-corrected chi connectivity index (χ3v) is 7.08. The van der Waals surface area contributed by atoms with Crippen LogP contribution in [0.4, 0.5) is 5.69 Å². The fraction of sp³-hybridized carbons (Fsp3) is 0.481. The zero-order valence-electron chi connectivity index (χ0n) is 22.0. The van der Waals surface area contributed by atoms with Gasteiger partial charge in [-0.1, -0.05) is 38.1 Å². The molecule has 1 N–H and O–H groups in total. The lowest BCUT2D eigenvalue weighted by Gasteiger charge is -2.31. The van der Waals surface area contributed by atoms with Crippen LogP contribution in [0, 0.1) is 6.92 Å². The van der Waals surface area contributed by atoms with Crippen LogP contribution in [0.5, 0.6) is 5.75 Å². The molecule has 0 aliphatic heterocycles. The Labute approximate surface area is 215 Å². The number of nitrogens with one attached hydrogen (secondary N) is 1. The van der Waals surface area contributed by atoms with Crippen molar-refractivity contribution in [1.82, 2.24) is 10.2 Å². The van der Waals surface area contributed by atoms with Crippen LogP contribution in [-0.2, 0) is 26.2 Å². The van der Waals surface area contributed by atoms with Crippen molar-refractivity contribution in [2.45, 2.75) is 59.0 Å². The second-order valence-corrected chi connectivity index (χ2v) is 10.8. The number of nitrogens with zero attached hydrogens (tertiary/aromatic N) is 2. The fourth-order valence-electron chi connectivity index (χ4n) is 4.00. The summed E-state index contributed by atoms with van der Waals surface area (Å²) in [5, 5.41) is 2.90. The van der Waals surface area contributed by atoms with Gasteiger partial charge in [0, 0.05) is 26.1 Å². The molecule has 0 radical (unpaired) electrons. The summed E-state index contributed by atoms with van der Waals surface area (Å²) in [6.07, 6.45) is 2.88. The van der Waals surface area contributed by atoms with E-state index in [1.54, 1.807) is 18.1 Å². The molecule has 0 spiro atoms. The number of carbonyl (C=O) groups is 2. The number of sulfonamides is 1. The van der Waals surface area contributed by atoms with Crippen LogP contribution >= 0.6 is 0 Å². The van der Waals surface area contributed by atoms with Crippen LogP contribution in [0.15, 0.2) is 48.5 Å². The number of hydrogen-bond acceptors (Lipinski definition) is 5. The van der Waals surface area contributed by atoms with E-state index in [1.165, 1.54) is 4.31 Å². The number of methoxy groups -OCH3 is 1. The highest BCUT2D eigenvalue weighted by Gasteiger charge is 2.28. The Balaban J connectivity index is 2.20. The Morgan fingerprint density at radius 1 is 1.08 bits per heavy atom. The summed E-state index contributed by atoms with van der Waals surface area (Å²) in [6, 6.07) is 14.0. The van der Waals surface area contributed by atoms with Crippen LogP contribution in [-0.4, -0.2) is 57.6 Å². The summed E-state index contributed by atoms with van der Waals surface area (Å²) in [4.78, 5) is 27.9. The Bertz CT molecular complexity index is 1100. The van der Waals surface area contributed by atoms with Gasteiger partial charge in [-0.3, -0.25) is 13.9 Å². The van der Waals surface area contributed by atoms with Crippen molar-refractivity contribution in [3.05, 3.63) is 59.7 Å². The lowest BCUT2D eigenvalue weighted by molar-refractivity contribution is -0.141. The fourth-order valence-corrected chi connectivity index (χ4v) is 4.96. The molecule has 0 aliphatic carbocycles. The Hall–Kier alpha value is -3.07.